The monoisotopic (exact) mass is 471 g/mol. The maximum absolute atomic E-state index is 12.6. The second-order valence-corrected chi connectivity index (χ2v) is 10.0. The van der Waals surface area contributed by atoms with Crippen molar-refractivity contribution < 1.29 is 19.4 Å². The van der Waals surface area contributed by atoms with Gasteiger partial charge in [0.2, 0.25) is 5.91 Å². The molecule has 2 aromatic rings. The minimum Gasteiger partial charge on any atom is -0.462 e. The second kappa shape index (κ2) is 12.9. The van der Waals surface area contributed by atoms with Gasteiger partial charge in [-0.2, -0.15) is 0 Å². The van der Waals surface area contributed by atoms with E-state index in [-0.39, 0.29) is 17.9 Å². The van der Waals surface area contributed by atoms with Crippen LogP contribution < -0.4 is 4.90 Å². The maximum atomic E-state index is 12.6. The summed E-state index contributed by atoms with van der Waals surface area (Å²) >= 11 is 1.50. The van der Waals surface area contributed by atoms with Crippen LogP contribution in [0.25, 0.3) is 0 Å². The number of hydrogen-bond acceptors (Lipinski definition) is 5. The molecule has 0 spiro atoms. The van der Waals surface area contributed by atoms with Crippen molar-refractivity contribution in [2.75, 3.05) is 11.5 Å². The van der Waals surface area contributed by atoms with E-state index in [4.69, 9.17) is 4.74 Å². The highest BCUT2D eigenvalue weighted by molar-refractivity contribution is 7.13. The van der Waals surface area contributed by atoms with Crippen molar-refractivity contribution in [3.05, 3.63) is 51.7 Å². The van der Waals surface area contributed by atoms with Gasteiger partial charge in [0.25, 0.3) is 0 Å². The van der Waals surface area contributed by atoms with E-state index in [1.165, 1.54) is 16.2 Å². The fourth-order valence-corrected chi connectivity index (χ4v) is 5.33. The second-order valence-electron chi connectivity index (χ2n) is 8.85. The van der Waals surface area contributed by atoms with Crippen molar-refractivity contribution >= 4 is 28.9 Å². The van der Waals surface area contributed by atoms with E-state index in [0.717, 1.165) is 69.0 Å². The summed E-state index contributed by atoms with van der Waals surface area (Å²) in [4.78, 5) is 28.4. The SMILES string of the molecule is CCCCC[C@H](O)c1ccc(N2C(=O)CC[C@@H]2CCCc2ccc(C(=O)OCCC)s2)cc1. The van der Waals surface area contributed by atoms with Crippen LogP contribution in [0.5, 0.6) is 0 Å². The van der Waals surface area contributed by atoms with Crippen LogP contribution in [0.4, 0.5) is 5.69 Å². The van der Waals surface area contributed by atoms with E-state index in [9.17, 15) is 14.7 Å². The fraction of sp³-hybridized carbons (Fsp3) is 0.556. The number of aliphatic hydroxyl groups excluding tert-OH is 1. The van der Waals surface area contributed by atoms with Crippen LogP contribution >= 0.6 is 11.3 Å². The Kier molecular flexibility index (Phi) is 9.95. The predicted octanol–water partition coefficient (Wildman–Crippen LogP) is 6.45. The van der Waals surface area contributed by atoms with Crippen molar-refractivity contribution in [3.63, 3.8) is 0 Å². The molecule has 5 nitrogen and oxygen atoms in total. The highest BCUT2D eigenvalue weighted by Gasteiger charge is 2.31. The first-order valence-electron chi connectivity index (χ1n) is 12.4. The number of benzene rings is 1. The van der Waals surface area contributed by atoms with Crippen LogP contribution in [0, 0.1) is 0 Å². The molecule has 1 fully saturated rings. The lowest BCUT2D eigenvalue weighted by Crippen LogP contribution is -2.32. The fourth-order valence-electron chi connectivity index (χ4n) is 4.38. The summed E-state index contributed by atoms with van der Waals surface area (Å²) in [6.45, 7) is 4.60. The van der Waals surface area contributed by atoms with Gasteiger partial charge in [-0.05, 0) is 68.4 Å². The summed E-state index contributed by atoms with van der Waals surface area (Å²) in [5.41, 5.74) is 1.84. The van der Waals surface area contributed by atoms with Gasteiger partial charge in [-0.3, -0.25) is 4.79 Å². The van der Waals surface area contributed by atoms with E-state index in [2.05, 4.69) is 6.92 Å². The van der Waals surface area contributed by atoms with Crippen molar-refractivity contribution in [2.24, 2.45) is 0 Å². The number of nitrogens with zero attached hydrogens (tertiary/aromatic N) is 1. The third-order valence-electron chi connectivity index (χ3n) is 6.22. The first-order chi connectivity index (χ1) is 16.0. The molecule has 3 rings (SSSR count). The van der Waals surface area contributed by atoms with Gasteiger partial charge in [0.05, 0.1) is 12.7 Å². The molecule has 1 aliphatic rings. The number of aryl methyl sites for hydroxylation is 1. The number of amides is 1. The Morgan fingerprint density at radius 1 is 1.12 bits per heavy atom. The molecule has 0 unspecified atom stereocenters. The molecule has 6 heteroatoms. The summed E-state index contributed by atoms with van der Waals surface area (Å²) in [5, 5.41) is 10.4. The number of ether oxygens (including phenoxy) is 1. The normalized spacial score (nSPS) is 16.9. The van der Waals surface area contributed by atoms with Gasteiger partial charge in [0, 0.05) is 23.0 Å². The predicted molar refractivity (Wildman–Crippen MR) is 134 cm³/mol. The number of carbonyl (C=O) groups excluding carboxylic acids is 2. The Bertz CT molecular complexity index is 892. The minimum absolute atomic E-state index is 0.174. The van der Waals surface area contributed by atoms with Gasteiger partial charge in [0.1, 0.15) is 4.88 Å². The van der Waals surface area contributed by atoms with Gasteiger partial charge < -0.3 is 14.7 Å². The van der Waals surface area contributed by atoms with Gasteiger partial charge in [0.15, 0.2) is 0 Å². The van der Waals surface area contributed by atoms with Gasteiger partial charge in [-0.25, -0.2) is 4.79 Å². The van der Waals surface area contributed by atoms with Crippen molar-refractivity contribution in [3.8, 4) is 0 Å². The van der Waals surface area contributed by atoms with Crippen molar-refractivity contribution in [1.29, 1.82) is 0 Å². The molecule has 0 bridgehead atoms. The van der Waals surface area contributed by atoms with Crippen LogP contribution in [0.3, 0.4) is 0 Å². The number of esters is 1. The quantitative estimate of drug-likeness (QED) is 0.269. The molecule has 1 saturated heterocycles. The largest absolute Gasteiger partial charge is 0.462 e. The molecule has 1 amide bonds. The molecular formula is C27H37NO4S. The number of aliphatic hydroxyl groups is 1. The number of unbranched alkanes of at least 4 members (excludes halogenated alkanes) is 2. The van der Waals surface area contributed by atoms with Crippen LogP contribution in [0.2, 0.25) is 0 Å². The molecule has 1 aromatic heterocycles. The number of anilines is 1. The van der Waals surface area contributed by atoms with E-state index in [0.29, 0.717) is 17.9 Å². The summed E-state index contributed by atoms with van der Waals surface area (Å²) in [6, 6.07) is 11.9. The average Bonchev–Trinajstić information content (AvgIpc) is 3.44. The third-order valence-corrected chi connectivity index (χ3v) is 7.35. The molecule has 33 heavy (non-hydrogen) atoms. The Morgan fingerprint density at radius 3 is 2.64 bits per heavy atom. The van der Waals surface area contributed by atoms with E-state index in [1.807, 2.05) is 48.2 Å². The summed E-state index contributed by atoms with van der Waals surface area (Å²) in [6.07, 6.45) is 8.71. The molecule has 180 valence electrons. The molecule has 2 atom stereocenters. The minimum atomic E-state index is -0.439. The molecule has 0 saturated carbocycles. The summed E-state index contributed by atoms with van der Waals surface area (Å²) in [7, 11) is 0. The zero-order chi connectivity index (χ0) is 23.6. The van der Waals surface area contributed by atoms with Crippen LogP contribution in [-0.4, -0.2) is 29.6 Å². The first kappa shape index (κ1) is 25.4. The Labute approximate surface area is 201 Å². The summed E-state index contributed by atoms with van der Waals surface area (Å²) < 4.78 is 5.21. The van der Waals surface area contributed by atoms with E-state index < -0.39 is 6.10 Å². The van der Waals surface area contributed by atoms with Gasteiger partial charge >= 0.3 is 5.97 Å². The Hall–Kier alpha value is -2.18. The Balaban J connectivity index is 1.53. The van der Waals surface area contributed by atoms with Gasteiger partial charge in [-0.15, -0.1) is 11.3 Å². The number of carbonyl (C=O) groups is 2. The molecular weight excluding hydrogens is 434 g/mol. The molecule has 2 heterocycles. The zero-order valence-corrected chi connectivity index (χ0v) is 20.7. The van der Waals surface area contributed by atoms with E-state index >= 15 is 0 Å². The number of rotatable bonds is 13. The smallest absolute Gasteiger partial charge is 0.348 e. The number of hydrogen-bond donors (Lipinski definition) is 1. The lowest BCUT2D eigenvalue weighted by atomic mass is 10.0. The van der Waals surface area contributed by atoms with Crippen LogP contribution in [0.1, 0.15) is 97.9 Å². The van der Waals surface area contributed by atoms with Crippen LogP contribution in [0.15, 0.2) is 36.4 Å². The lowest BCUT2D eigenvalue weighted by Gasteiger charge is -2.25. The third kappa shape index (κ3) is 7.15. The standard InChI is InChI=1S/C27H37NO4S/c1-3-5-6-10-24(29)20-11-13-22(14-12-20)28-21(15-18-26(28)30)8-7-9-23-16-17-25(33-23)27(31)32-19-4-2/h11-14,16-17,21,24,29H,3-10,15,18-19H2,1-2H3/t21-,24-/m0/s1. The molecule has 1 aliphatic heterocycles. The van der Waals surface area contributed by atoms with Crippen molar-refractivity contribution in [2.45, 2.75) is 90.2 Å². The van der Waals surface area contributed by atoms with Crippen molar-refractivity contribution in [1.82, 2.24) is 0 Å². The van der Waals surface area contributed by atoms with E-state index in [1.54, 1.807) is 0 Å². The number of thiophene rings is 1. The highest BCUT2D eigenvalue weighted by atomic mass is 32.1. The van der Waals surface area contributed by atoms with Gasteiger partial charge in [-0.1, -0.05) is 45.2 Å². The highest BCUT2D eigenvalue weighted by Crippen LogP contribution is 2.31. The maximum Gasteiger partial charge on any atom is 0.348 e. The zero-order valence-electron chi connectivity index (χ0n) is 19.9. The summed E-state index contributed by atoms with van der Waals surface area (Å²) in [5.74, 6) is -0.0621. The molecule has 1 aromatic carbocycles. The topological polar surface area (TPSA) is 66.8 Å². The average molecular weight is 472 g/mol. The van der Waals surface area contributed by atoms with Crippen LogP contribution in [-0.2, 0) is 16.0 Å². The molecule has 1 N–H and O–H groups in total. The molecule has 0 aliphatic carbocycles. The lowest BCUT2D eigenvalue weighted by molar-refractivity contribution is -0.117. The molecule has 0 radical (unpaired) electrons. The first-order valence-corrected chi connectivity index (χ1v) is 13.2. The Morgan fingerprint density at radius 2 is 1.91 bits per heavy atom.